The fraction of sp³-hybridized carbons (Fsp3) is 0.588. The van der Waals surface area contributed by atoms with Crippen molar-refractivity contribution < 1.29 is 4.79 Å². The summed E-state index contributed by atoms with van der Waals surface area (Å²) in [6.45, 7) is 2.70. The van der Waals surface area contributed by atoms with Crippen molar-refractivity contribution in [3.05, 3.63) is 35.4 Å². The van der Waals surface area contributed by atoms with Crippen LogP contribution in [-0.2, 0) is 11.3 Å². The van der Waals surface area contributed by atoms with E-state index >= 15 is 0 Å². The van der Waals surface area contributed by atoms with Crippen molar-refractivity contribution in [2.24, 2.45) is 0 Å². The van der Waals surface area contributed by atoms with Crippen LogP contribution in [-0.4, -0.2) is 18.5 Å². The molecule has 0 radical (unpaired) electrons. The normalized spacial score (nSPS) is 17.7. The van der Waals surface area contributed by atoms with Crippen molar-refractivity contribution in [1.29, 1.82) is 0 Å². The number of rotatable bonds is 5. The number of amides is 1. The molecule has 3 nitrogen and oxygen atoms in total. The first-order chi connectivity index (χ1) is 9.63. The van der Waals surface area contributed by atoms with Gasteiger partial charge >= 0.3 is 0 Å². The second-order valence-corrected chi connectivity index (χ2v) is 6.03. The van der Waals surface area contributed by atoms with Gasteiger partial charge in [0.1, 0.15) is 0 Å². The van der Waals surface area contributed by atoms with E-state index in [-0.39, 0.29) is 11.4 Å². The van der Waals surface area contributed by atoms with Gasteiger partial charge in [0.25, 0.3) is 0 Å². The zero-order chi connectivity index (χ0) is 14.4. The quantitative estimate of drug-likeness (QED) is 0.867. The zero-order valence-electron chi connectivity index (χ0n) is 12.7. The zero-order valence-corrected chi connectivity index (χ0v) is 12.7. The predicted molar refractivity (Wildman–Crippen MR) is 82.5 cm³/mol. The molecular weight excluding hydrogens is 248 g/mol. The van der Waals surface area contributed by atoms with Crippen LogP contribution < -0.4 is 10.6 Å². The summed E-state index contributed by atoms with van der Waals surface area (Å²) in [5.41, 5.74) is 2.42. The average molecular weight is 274 g/mol. The lowest BCUT2D eigenvalue weighted by atomic mass is 9.79. The van der Waals surface area contributed by atoms with Gasteiger partial charge in [0, 0.05) is 18.5 Å². The second kappa shape index (κ2) is 6.89. The third kappa shape index (κ3) is 4.07. The number of hydrogen-bond acceptors (Lipinski definition) is 2. The highest BCUT2D eigenvalue weighted by atomic mass is 16.1. The lowest BCUT2D eigenvalue weighted by molar-refractivity contribution is -0.123. The Morgan fingerprint density at radius 3 is 2.65 bits per heavy atom. The van der Waals surface area contributed by atoms with Crippen LogP contribution in [0.3, 0.4) is 0 Å². The number of hydrogen-bond donors (Lipinski definition) is 2. The molecule has 3 heteroatoms. The molecule has 0 saturated heterocycles. The van der Waals surface area contributed by atoms with Crippen LogP contribution in [0.15, 0.2) is 24.3 Å². The van der Waals surface area contributed by atoms with Crippen molar-refractivity contribution >= 4 is 5.91 Å². The van der Waals surface area contributed by atoms with E-state index in [1.165, 1.54) is 30.4 Å². The van der Waals surface area contributed by atoms with Gasteiger partial charge in [0.05, 0.1) is 0 Å². The van der Waals surface area contributed by atoms with E-state index < -0.39 is 0 Å². The summed E-state index contributed by atoms with van der Waals surface area (Å²) < 4.78 is 0. The minimum atomic E-state index is 0.0228. The van der Waals surface area contributed by atoms with E-state index in [0.717, 1.165) is 12.8 Å². The Kier molecular flexibility index (Phi) is 5.18. The Hall–Kier alpha value is -1.35. The topological polar surface area (TPSA) is 41.1 Å². The van der Waals surface area contributed by atoms with Crippen molar-refractivity contribution in [2.75, 3.05) is 7.05 Å². The maximum atomic E-state index is 12.2. The standard InChI is InChI=1S/C17H26N2O/c1-14-7-6-8-15(11-14)13-19-16(20)12-17(18-2)9-4-3-5-10-17/h6-8,11,18H,3-5,9-10,12-13H2,1-2H3,(H,19,20). The van der Waals surface area contributed by atoms with Gasteiger partial charge in [0.2, 0.25) is 5.91 Å². The van der Waals surface area contributed by atoms with Gasteiger partial charge < -0.3 is 10.6 Å². The van der Waals surface area contributed by atoms with E-state index in [4.69, 9.17) is 0 Å². The third-order valence-corrected chi connectivity index (χ3v) is 4.41. The molecule has 2 rings (SSSR count). The first-order valence-electron chi connectivity index (χ1n) is 7.65. The molecule has 0 heterocycles. The fourth-order valence-corrected chi connectivity index (χ4v) is 3.14. The lowest BCUT2D eigenvalue weighted by Gasteiger charge is -2.36. The van der Waals surface area contributed by atoms with Gasteiger partial charge in [-0.25, -0.2) is 0 Å². The molecule has 2 N–H and O–H groups in total. The highest BCUT2D eigenvalue weighted by Crippen LogP contribution is 2.30. The smallest absolute Gasteiger partial charge is 0.222 e. The van der Waals surface area contributed by atoms with Gasteiger partial charge in [0.15, 0.2) is 0 Å². The number of carbonyl (C=O) groups is 1. The van der Waals surface area contributed by atoms with E-state index in [2.05, 4.69) is 35.8 Å². The second-order valence-electron chi connectivity index (χ2n) is 6.03. The maximum absolute atomic E-state index is 12.2. The SMILES string of the molecule is CNC1(CC(=O)NCc2cccc(C)c2)CCCCC1. The summed E-state index contributed by atoms with van der Waals surface area (Å²) >= 11 is 0. The summed E-state index contributed by atoms with van der Waals surface area (Å²) in [4.78, 5) is 12.2. The molecule has 1 aliphatic rings. The van der Waals surface area contributed by atoms with Crippen molar-refractivity contribution in [1.82, 2.24) is 10.6 Å². The molecule has 0 aromatic heterocycles. The first-order valence-corrected chi connectivity index (χ1v) is 7.65. The molecule has 0 bridgehead atoms. The van der Waals surface area contributed by atoms with Crippen molar-refractivity contribution in [3.8, 4) is 0 Å². The van der Waals surface area contributed by atoms with Crippen LogP contribution in [0.4, 0.5) is 0 Å². The van der Waals surface area contributed by atoms with Crippen LogP contribution in [0.1, 0.15) is 49.7 Å². The summed E-state index contributed by atoms with van der Waals surface area (Å²) in [6.07, 6.45) is 6.57. The molecular formula is C17H26N2O. The summed E-state index contributed by atoms with van der Waals surface area (Å²) in [6, 6.07) is 8.28. The Bertz CT molecular complexity index is 450. The predicted octanol–water partition coefficient (Wildman–Crippen LogP) is 2.92. The van der Waals surface area contributed by atoms with Crippen molar-refractivity contribution in [2.45, 2.75) is 57.5 Å². The van der Waals surface area contributed by atoms with Gasteiger partial charge in [-0.1, -0.05) is 49.1 Å². The molecule has 1 fully saturated rings. The summed E-state index contributed by atoms with van der Waals surface area (Å²) in [7, 11) is 1.99. The molecule has 110 valence electrons. The lowest BCUT2D eigenvalue weighted by Crippen LogP contribution is -2.48. The molecule has 0 aliphatic heterocycles. The van der Waals surface area contributed by atoms with E-state index in [1.807, 2.05) is 13.1 Å². The van der Waals surface area contributed by atoms with Crippen LogP contribution in [0.2, 0.25) is 0 Å². The molecule has 1 saturated carbocycles. The highest BCUT2D eigenvalue weighted by molar-refractivity contribution is 5.77. The largest absolute Gasteiger partial charge is 0.352 e. The Morgan fingerprint density at radius 1 is 1.25 bits per heavy atom. The van der Waals surface area contributed by atoms with Crippen LogP contribution >= 0.6 is 0 Å². The first kappa shape index (κ1) is 15.0. The molecule has 0 unspecified atom stereocenters. The van der Waals surface area contributed by atoms with Crippen LogP contribution in [0.5, 0.6) is 0 Å². The summed E-state index contributed by atoms with van der Waals surface area (Å²) in [5, 5.41) is 6.45. The van der Waals surface area contributed by atoms with Gasteiger partial charge in [-0.15, -0.1) is 0 Å². The molecule has 1 amide bonds. The number of aryl methyl sites for hydroxylation is 1. The van der Waals surface area contributed by atoms with E-state index in [0.29, 0.717) is 13.0 Å². The number of nitrogens with one attached hydrogen (secondary N) is 2. The Morgan fingerprint density at radius 2 is 2.00 bits per heavy atom. The third-order valence-electron chi connectivity index (χ3n) is 4.41. The minimum Gasteiger partial charge on any atom is -0.352 e. The van der Waals surface area contributed by atoms with Gasteiger partial charge in [-0.05, 0) is 32.4 Å². The molecule has 1 aromatic carbocycles. The van der Waals surface area contributed by atoms with Crippen molar-refractivity contribution in [3.63, 3.8) is 0 Å². The Labute approximate surface area is 122 Å². The Balaban J connectivity index is 1.85. The van der Waals surface area contributed by atoms with E-state index in [9.17, 15) is 4.79 Å². The fourth-order valence-electron chi connectivity index (χ4n) is 3.14. The number of benzene rings is 1. The molecule has 20 heavy (non-hydrogen) atoms. The molecule has 0 atom stereocenters. The highest BCUT2D eigenvalue weighted by Gasteiger charge is 2.32. The maximum Gasteiger partial charge on any atom is 0.222 e. The monoisotopic (exact) mass is 274 g/mol. The van der Waals surface area contributed by atoms with Crippen LogP contribution in [0, 0.1) is 6.92 Å². The van der Waals surface area contributed by atoms with Crippen LogP contribution in [0.25, 0.3) is 0 Å². The average Bonchev–Trinajstić information content (AvgIpc) is 2.46. The summed E-state index contributed by atoms with van der Waals surface area (Å²) in [5.74, 6) is 0.155. The molecule has 0 spiro atoms. The van der Waals surface area contributed by atoms with Gasteiger partial charge in [-0.2, -0.15) is 0 Å². The molecule has 1 aromatic rings. The minimum absolute atomic E-state index is 0.0228. The van der Waals surface area contributed by atoms with E-state index in [1.54, 1.807) is 0 Å². The van der Waals surface area contributed by atoms with Gasteiger partial charge in [-0.3, -0.25) is 4.79 Å². The number of carbonyl (C=O) groups excluding carboxylic acids is 1. The molecule has 1 aliphatic carbocycles.